The Morgan fingerprint density at radius 2 is 1.69 bits per heavy atom. The highest BCUT2D eigenvalue weighted by atomic mass is 16.3. The maximum Gasteiger partial charge on any atom is 0.251 e. The highest BCUT2D eigenvalue weighted by molar-refractivity contribution is 5.85. The van der Waals surface area contributed by atoms with Crippen molar-refractivity contribution in [1.82, 2.24) is 10.2 Å². The third-order valence-electron chi connectivity index (χ3n) is 6.28. The molecule has 0 aromatic heterocycles. The molecular formula is C23H35N3O3. The molecule has 1 aliphatic heterocycles. The van der Waals surface area contributed by atoms with Crippen LogP contribution in [0.2, 0.25) is 0 Å². The van der Waals surface area contributed by atoms with E-state index in [1.165, 1.54) is 19.3 Å². The molecule has 1 unspecified atom stereocenters. The van der Waals surface area contributed by atoms with Crippen LogP contribution in [0.4, 0.5) is 0 Å². The third kappa shape index (κ3) is 6.03. The summed E-state index contributed by atoms with van der Waals surface area (Å²) in [6.07, 6.45) is 8.51. The van der Waals surface area contributed by atoms with Gasteiger partial charge in [0.1, 0.15) is 0 Å². The Balaban J connectivity index is 1.56. The molecule has 0 radical (unpaired) electrons. The van der Waals surface area contributed by atoms with Crippen molar-refractivity contribution in [2.24, 2.45) is 5.73 Å². The van der Waals surface area contributed by atoms with Gasteiger partial charge in [-0.1, -0.05) is 62.4 Å². The minimum absolute atomic E-state index is 0.128. The van der Waals surface area contributed by atoms with E-state index in [9.17, 15) is 14.7 Å². The minimum atomic E-state index is -1.20. The molecule has 3 rings (SSSR count). The average molecular weight is 402 g/mol. The standard InChI is InChI=1S/C23H35N3O3/c24-19(16-17-10-5-4-6-11-17)23(29)26-15-9-14-20(26)21(27)22(28)25-18-12-7-2-1-3-8-13-18/h4-6,10-11,18-21,27H,1-3,7-9,12-16,24H2,(H,25,28)/t19-,20-,21?/m0/s1. The maximum absolute atomic E-state index is 12.9. The summed E-state index contributed by atoms with van der Waals surface area (Å²) in [5.74, 6) is -0.536. The van der Waals surface area contributed by atoms with Gasteiger partial charge in [-0.15, -0.1) is 0 Å². The summed E-state index contributed by atoms with van der Waals surface area (Å²) >= 11 is 0. The Morgan fingerprint density at radius 3 is 2.38 bits per heavy atom. The number of nitrogens with two attached hydrogens (primary N) is 1. The van der Waals surface area contributed by atoms with Gasteiger partial charge in [0.25, 0.3) is 5.91 Å². The summed E-state index contributed by atoms with van der Waals surface area (Å²) in [6, 6.07) is 8.65. The molecule has 3 atom stereocenters. The molecule has 160 valence electrons. The van der Waals surface area contributed by atoms with Crippen LogP contribution in [0.5, 0.6) is 0 Å². The van der Waals surface area contributed by atoms with Crippen molar-refractivity contribution in [3.05, 3.63) is 35.9 Å². The number of amides is 2. The number of hydrogen-bond acceptors (Lipinski definition) is 4. The lowest BCUT2D eigenvalue weighted by molar-refractivity contribution is -0.140. The highest BCUT2D eigenvalue weighted by Crippen LogP contribution is 2.23. The van der Waals surface area contributed by atoms with Crippen LogP contribution in [0.25, 0.3) is 0 Å². The van der Waals surface area contributed by atoms with Crippen LogP contribution in [0, 0.1) is 0 Å². The van der Waals surface area contributed by atoms with E-state index in [0.717, 1.165) is 37.7 Å². The summed E-state index contributed by atoms with van der Waals surface area (Å²) in [4.78, 5) is 27.2. The summed E-state index contributed by atoms with van der Waals surface area (Å²) in [7, 11) is 0. The van der Waals surface area contributed by atoms with E-state index in [2.05, 4.69) is 5.32 Å². The Labute approximate surface area is 173 Å². The lowest BCUT2D eigenvalue weighted by Gasteiger charge is -2.31. The van der Waals surface area contributed by atoms with Crippen LogP contribution in [0.1, 0.15) is 63.4 Å². The van der Waals surface area contributed by atoms with Crippen LogP contribution in [0.3, 0.4) is 0 Å². The number of hydrogen-bond donors (Lipinski definition) is 3. The van der Waals surface area contributed by atoms with Gasteiger partial charge in [-0.25, -0.2) is 0 Å². The van der Waals surface area contributed by atoms with Gasteiger partial charge in [-0.05, 0) is 37.7 Å². The van der Waals surface area contributed by atoms with E-state index in [1.807, 2.05) is 30.3 Å². The van der Waals surface area contributed by atoms with E-state index < -0.39 is 18.2 Å². The molecule has 1 heterocycles. The first-order chi connectivity index (χ1) is 14.1. The number of aliphatic hydroxyl groups is 1. The number of carbonyl (C=O) groups is 2. The molecule has 29 heavy (non-hydrogen) atoms. The zero-order chi connectivity index (χ0) is 20.6. The van der Waals surface area contributed by atoms with Crippen molar-refractivity contribution in [2.45, 2.75) is 88.4 Å². The fraction of sp³-hybridized carbons (Fsp3) is 0.652. The second-order valence-corrected chi connectivity index (χ2v) is 8.53. The van der Waals surface area contributed by atoms with Crippen LogP contribution in [-0.4, -0.2) is 52.6 Å². The molecular weight excluding hydrogens is 366 g/mol. The Kier molecular flexibility index (Phi) is 8.07. The monoisotopic (exact) mass is 401 g/mol. The summed E-state index contributed by atoms with van der Waals surface area (Å²) in [6.45, 7) is 0.541. The van der Waals surface area contributed by atoms with Crippen molar-refractivity contribution in [1.29, 1.82) is 0 Å². The van der Waals surface area contributed by atoms with Gasteiger partial charge in [-0.2, -0.15) is 0 Å². The summed E-state index contributed by atoms with van der Waals surface area (Å²) < 4.78 is 0. The van der Waals surface area contributed by atoms with E-state index in [4.69, 9.17) is 5.73 Å². The molecule has 1 saturated carbocycles. The van der Waals surface area contributed by atoms with Crippen molar-refractivity contribution in [2.75, 3.05) is 6.54 Å². The summed E-state index contributed by atoms with van der Waals surface area (Å²) in [5.41, 5.74) is 7.18. The number of likely N-dealkylation sites (tertiary alicyclic amines) is 1. The molecule has 2 amide bonds. The fourth-order valence-corrected chi connectivity index (χ4v) is 4.62. The Hall–Kier alpha value is -1.92. The first-order valence-corrected chi connectivity index (χ1v) is 11.1. The SMILES string of the molecule is N[C@@H](Cc1ccccc1)C(=O)N1CCC[C@H]1C(O)C(=O)NC1CCCCCCC1. The van der Waals surface area contributed by atoms with Crippen LogP contribution < -0.4 is 11.1 Å². The largest absolute Gasteiger partial charge is 0.381 e. The molecule has 4 N–H and O–H groups in total. The maximum atomic E-state index is 12.9. The van der Waals surface area contributed by atoms with Crippen molar-refractivity contribution >= 4 is 11.8 Å². The van der Waals surface area contributed by atoms with Gasteiger partial charge in [0.05, 0.1) is 12.1 Å². The highest BCUT2D eigenvalue weighted by Gasteiger charge is 2.39. The number of aliphatic hydroxyl groups excluding tert-OH is 1. The minimum Gasteiger partial charge on any atom is -0.381 e. The molecule has 1 saturated heterocycles. The number of rotatable bonds is 6. The second kappa shape index (κ2) is 10.7. The zero-order valence-electron chi connectivity index (χ0n) is 17.3. The van der Waals surface area contributed by atoms with Crippen molar-refractivity contribution in [3.8, 4) is 0 Å². The second-order valence-electron chi connectivity index (χ2n) is 8.53. The predicted octanol–water partition coefficient (Wildman–Crippen LogP) is 2.14. The van der Waals surface area contributed by atoms with Gasteiger partial charge >= 0.3 is 0 Å². The molecule has 0 spiro atoms. The molecule has 6 heteroatoms. The molecule has 1 aromatic carbocycles. The van der Waals surface area contributed by atoms with Crippen LogP contribution in [-0.2, 0) is 16.0 Å². The first kappa shape index (κ1) is 21.8. The van der Waals surface area contributed by atoms with E-state index in [0.29, 0.717) is 19.4 Å². The van der Waals surface area contributed by atoms with E-state index in [-0.39, 0.29) is 17.9 Å². The number of nitrogens with one attached hydrogen (secondary N) is 1. The topological polar surface area (TPSA) is 95.7 Å². The van der Waals surface area contributed by atoms with Gasteiger partial charge in [0.2, 0.25) is 5.91 Å². The van der Waals surface area contributed by atoms with Gasteiger partial charge in [0, 0.05) is 12.6 Å². The smallest absolute Gasteiger partial charge is 0.251 e. The van der Waals surface area contributed by atoms with Crippen molar-refractivity contribution in [3.63, 3.8) is 0 Å². The molecule has 1 aromatic rings. The molecule has 1 aliphatic carbocycles. The first-order valence-electron chi connectivity index (χ1n) is 11.1. The fourth-order valence-electron chi connectivity index (χ4n) is 4.62. The Bertz CT molecular complexity index is 659. The average Bonchev–Trinajstić information content (AvgIpc) is 3.19. The Morgan fingerprint density at radius 1 is 1.03 bits per heavy atom. The number of nitrogens with zero attached hydrogens (tertiary/aromatic N) is 1. The molecule has 2 aliphatic rings. The predicted molar refractivity (Wildman–Crippen MR) is 113 cm³/mol. The number of carbonyl (C=O) groups excluding carboxylic acids is 2. The normalized spacial score (nSPS) is 23.1. The lowest BCUT2D eigenvalue weighted by Crippen LogP contribution is -2.54. The zero-order valence-corrected chi connectivity index (χ0v) is 17.3. The third-order valence-corrected chi connectivity index (χ3v) is 6.28. The summed E-state index contributed by atoms with van der Waals surface area (Å²) in [5, 5.41) is 13.8. The van der Waals surface area contributed by atoms with E-state index in [1.54, 1.807) is 4.90 Å². The van der Waals surface area contributed by atoms with Crippen LogP contribution in [0.15, 0.2) is 30.3 Å². The quantitative estimate of drug-likeness (QED) is 0.680. The van der Waals surface area contributed by atoms with Crippen molar-refractivity contribution < 1.29 is 14.7 Å². The van der Waals surface area contributed by atoms with Gasteiger partial charge in [-0.3, -0.25) is 9.59 Å². The van der Waals surface area contributed by atoms with Gasteiger partial charge in [0.15, 0.2) is 6.10 Å². The number of benzene rings is 1. The molecule has 0 bridgehead atoms. The lowest BCUT2D eigenvalue weighted by atomic mass is 9.96. The van der Waals surface area contributed by atoms with Crippen LogP contribution >= 0.6 is 0 Å². The van der Waals surface area contributed by atoms with E-state index >= 15 is 0 Å². The molecule has 6 nitrogen and oxygen atoms in total. The molecule has 2 fully saturated rings. The van der Waals surface area contributed by atoms with Gasteiger partial charge < -0.3 is 21.1 Å².